The van der Waals surface area contributed by atoms with E-state index in [0.29, 0.717) is 12.3 Å². The summed E-state index contributed by atoms with van der Waals surface area (Å²) in [6.07, 6.45) is 2.37. The molecule has 6 heteroatoms. The molecule has 4 nitrogen and oxygen atoms in total. The van der Waals surface area contributed by atoms with Crippen LogP contribution in [0.2, 0.25) is 5.02 Å². The van der Waals surface area contributed by atoms with E-state index in [1.165, 1.54) is 12.8 Å². The highest BCUT2D eigenvalue weighted by atomic mass is 35.5. The van der Waals surface area contributed by atoms with Gasteiger partial charge in [0.2, 0.25) is 0 Å². The highest BCUT2D eigenvalue weighted by Gasteiger charge is 2.25. The van der Waals surface area contributed by atoms with E-state index in [1.54, 1.807) is 0 Å². The van der Waals surface area contributed by atoms with Crippen molar-refractivity contribution in [1.29, 1.82) is 0 Å². The van der Waals surface area contributed by atoms with Crippen LogP contribution in [0.25, 0.3) is 0 Å². The molecule has 0 spiro atoms. The van der Waals surface area contributed by atoms with Crippen molar-refractivity contribution in [3.8, 4) is 5.75 Å². The normalized spacial score (nSPS) is 15.1. The number of hydrogen-bond acceptors (Lipinski definition) is 3. The van der Waals surface area contributed by atoms with Gasteiger partial charge in [0.1, 0.15) is 5.75 Å². The van der Waals surface area contributed by atoms with Gasteiger partial charge in [-0.25, -0.2) is 0 Å². The van der Waals surface area contributed by atoms with Crippen LogP contribution in [0.15, 0.2) is 54.6 Å². The molecular formula is C20H24Cl2N2O2. The quantitative estimate of drug-likeness (QED) is 0.768. The molecule has 1 fully saturated rings. The third-order valence-corrected chi connectivity index (χ3v) is 4.80. The molecule has 26 heavy (non-hydrogen) atoms. The Hall–Kier alpha value is -1.75. The average molecular weight is 395 g/mol. The number of para-hydroxylation sites is 1. The van der Waals surface area contributed by atoms with Crippen LogP contribution in [0.5, 0.6) is 5.75 Å². The van der Waals surface area contributed by atoms with E-state index in [2.05, 4.69) is 10.2 Å². The molecule has 1 heterocycles. The number of hydrogen-bond donors (Lipinski definition) is 1. The molecule has 0 aliphatic carbocycles. The highest BCUT2D eigenvalue weighted by Crippen LogP contribution is 2.29. The van der Waals surface area contributed by atoms with Gasteiger partial charge in [0.25, 0.3) is 5.91 Å². The first-order valence-corrected chi connectivity index (χ1v) is 9.05. The largest absolute Gasteiger partial charge is 0.484 e. The van der Waals surface area contributed by atoms with Crippen molar-refractivity contribution < 1.29 is 9.53 Å². The van der Waals surface area contributed by atoms with Crippen molar-refractivity contribution in [2.75, 3.05) is 26.2 Å². The van der Waals surface area contributed by atoms with Crippen LogP contribution >= 0.6 is 24.0 Å². The molecular weight excluding hydrogens is 371 g/mol. The van der Waals surface area contributed by atoms with Gasteiger partial charge in [0, 0.05) is 11.6 Å². The lowest BCUT2D eigenvalue weighted by Gasteiger charge is -2.29. The first-order chi connectivity index (χ1) is 12.2. The summed E-state index contributed by atoms with van der Waals surface area (Å²) >= 11 is 6.39. The topological polar surface area (TPSA) is 41.6 Å². The smallest absolute Gasteiger partial charge is 0.258 e. The minimum Gasteiger partial charge on any atom is -0.484 e. The van der Waals surface area contributed by atoms with Crippen LogP contribution in [-0.2, 0) is 4.79 Å². The monoisotopic (exact) mass is 394 g/mol. The van der Waals surface area contributed by atoms with Crippen LogP contribution in [0.3, 0.4) is 0 Å². The molecule has 0 saturated carbocycles. The molecule has 1 aliphatic rings. The predicted octanol–water partition coefficient (Wildman–Crippen LogP) is 4.09. The van der Waals surface area contributed by atoms with E-state index in [4.69, 9.17) is 16.3 Å². The Morgan fingerprint density at radius 1 is 1.08 bits per heavy atom. The van der Waals surface area contributed by atoms with Crippen molar-refractivity contribution >= 4 is 29.9 Å². The fourth-order valence-corrected chi connectivity index (χ4v) is 3.42. The molecule has 1 N–H and O–H groups in total. The maximum atomic E-state index is 12.2. The lowest BCUT2D eigenvalue weighted by atomic mass is 10.1. The SMILES string of the molecule is Cl.O=C(COc1ccccc1)NCC(c1ccccc1Cl)N1CCCC1. The van der Waals surface area contributed by atoms with E-state index >= 15 is 0 Å². The highest BCUT2D eigenvalue weighted by molar-refractivity contribution is 6.31. The second-order valence-corrected chi connectivity index (χ2v) is 6.59. The van der Waals surface area contributed by atoms with E-state index in [-0.39, 0.29) is 31.0 Å². The van der Waals surface area contributed by atoms with Gasteiger partial charge in [-0.2, -0.15) is 0 Å². The van der Waals surface area contributed by atoms with Gasteiger partial charge in [-0.1, -0.05) is 48.0 Å². The molecule has 0 radical (unpaired) electrons. The zero-order valence-electron chi connectivity index (χ0n) is 14.6. The molecule has 1 atom stereocenters. The molecule has 3 rings (SSSR count). The van der Waals surface area contributed by atoms with Crippen LogP contribution in [-0.4, -0.2) is 37.0 Å². The number of carbonyl (C=O) groups excluding carboxylic acids is 1. The molecule has 1 aliphatic heterocycles. The Kier molecular flexibility index (Phi) is 8.23. The van der Waals surface area contributed by atoms with Crippen LogP contribution < -0.4 is 10.1 Å². The van der Waals surface area contributed by atoms with Gasteiger partial charge in [0.15, 0.2) is 6.61 Å². The number of halogens is 2. The zero-order chi connectivity index (χ0) is 17.5. The number of benzene rings is 2. The fraction of sp³-hybridized carbons (Fsp3) is 0.350. The van der Waals surface area contributed by atoms with Gasteiger partial charge in [-0.05, 0) is 49.7 Å². The number of likely N-dealkylation sites (tertiary alicyclic amines) is 1. The van der Waals surface area contributed by atoms with Gasteiger partial charge in [-0.3, -0.25) is 9.69 Å². The van der Waals surface area contributed by atoms with E-state index in [0.717, 1.165) is 23.7 Å². The lowest BCUT2D eigenvalue weighted by molar-refractivity contribution is -0.123. The van der Waals surface area contributed by atoms with Gasteiger partial charge in [-0.15, -0.1) is 12.4 Å². The van der Waals surface area contributed by atoms with E-state index in [1.807, 2.05) is 54.6 Å². The maximum absolute atomic E-state index is 12.2. The van der Waals surface area contributed by atoms with E-state index in [9.17, 15) is 4.79 Å². The lowest BCUT2D eigenvalue weighted by Crippen LogP contribution is -2.38. The number of ether oxygens (including phenoxy) is 1. The van der Waals surface area contributed by atoms with Crippen molar-refractivity contribution in [3.05, 3.63) is 65.2 Å². The Labute approximate surface area is 165 Å². The number of amides is 1. The van der Waals surface area contributed by atoms with E-state index < -0.39 is 0 Å². The van der Waals surface area contributed by atoms with Crippen LogP contribution in [0.4, 0.5) is 0 Å². The number of rotatable bonds is 7. The second-order valence-electron chi connectivity index (χ2n) is 6.19. The summed E-state index contributed by atoms with van der Waals surface area (Å²) in [7, 11) is 0. The van der Waals surface area contributed by atoms with Gasteiger partial charge >= 0.3 is 0 Å². The molecule has 2 aromatic carbocycles. The van der Waals surface area contributed by atoms with Gasteiger partial charge in [0.05, 0.1) is 6.04 Å². The molecule has 1 unspecified atom stereocenters. The summed E-state index contributed by atoms with van der Waals surface area (Å²) in [5, 5.41) is 3.74. The number of carbonyl (C=O) groups is 1. The standard InChI is InChI=1S/C20H23ClN2O2.ClH/c21-18-11-5-4-10-17(18)19(23-12-6-7-13-23)14-22-20(24)15-25-16-8-2-1-3-9-16;/h1-5,8-11,19H,6-7,12-15H2,(H,22,24);1H. The summed E-state index contributed by atoms with van der Waals surface area (Å²) in [4.78, 5) is 14.6. The zero-order valence-corrected chi connectivity index (χ0v) is 16.1. The predicted molar refractivity (Wildman–Crippen MR) is 107 cm³/mol. The first-order valence-electron chi connectivity index (χ1n) is 8.67. The molecule has 2 aromatic rings. The Bertz CT molecular complexity index is 691. The molecule has 0 bridgehead atoms. The number of nitrogens with zero attached hydrogens (tertiary/aromatic N) is 1. The van der Waals surface area contributed by atoms with Crippen molar-refractivity contribution in [2.24, 2.45) is 0 Å². The minimum absolute atomic E-state index is 0. The molecule has 0 aromatic heterocycles. The summed E-state index contributed by atoms with van der Waals surface area (Å²) in [6.45, 7) is 2.61. The summed E-state index contributed by atoms with van der Waals surface area (Å²) in [5.74, 6) is 0.569. The Balaban J connectivity index is 0.00000243. The van der Waals surface area contributed by atoms with Crippen LogP contribution in [0.1, 0.15) is 24.4 Å². The fourth-order valence-electron chi connectivity index (χ4n) is 3.16. The maximum Gasteiger partial charge on any atom is 0.258 e. The molecule has 140 valence electrons. The number of nitrogens with one attached hydrogen (secondary N) is 1. The Morgan fingerprint density at radius 2 is 1.73 bits per heavy atom. The second kappa shape index (κ2) is 10.4. The average Bonchev–Trinajstić information content (AvgIpc) is 3.17. The van der Waals surface area contributed by atoms with Gasteiger partial charge < -0.3 is 10.1 Å². The van der Waals surface area contributed by atoms with Crippen molar-refractivity contribution in [3.63, 3.8) is 0 Å². The van der Waals surface area contributed by atoms with Crippen LogP contribution in [0, 0.1) is 0 Å². The third kappa shape index (κ3) is 5.63. The molecule has 1 saturated heterocycles. The summed E-state index contributed by atoms with van der Waals surface area (Å²) < 4.78 is 5.50. The summed E-state index contributed by atoms with van der Waals surface area (Å²) in [5.41, 5.74) is 1.07. The third-order valence-electron chi connectivity index (χ3n) is 4.45. The van der Waals surface area contributed by atoms with Crippen molar-refractivity contribution in [2.45, 2.75) is 18.9 Å². The molecule has 1 amide bonds. The van der Waals surface area contributed by atoms with Crippen molar-refractivity contribution in [1.82, 2.24) is 10.2 Å². The first kappa shape index (κ1) is 20.6. The summed E-state index contributed by atoms with van der Waals surface area (Å²) in [6, 6.07) is 17.3. The minimum atomic E-state index is -0.125. The Morgan fingerprint density at radius 3 is 2.42 bits per heavy atom.